The fourth-order valence-corrected chi connectivity index (χ4v) is 6.36. The molecule has 0 saturated carbocycles. The van der Waals surface area contributed by atoms with Crippen molar-refractivity contribution >= 4 is 15.9 Å². The van der Waals surface area contributed by atoms with Gasteiger partial charge in [-0.15, -0.1) is 0 Å². The second-order valence-electron chi connectivity index (χ2n) is 9.76. The third kappa shape index (κ3) is 6.75. The number of rotatable bonds is 8. The average molecular weight is 520 g/mol. The molecule has 0 unspecified atom stereocenters. The van der Waals surface area contributed by atoms with Gasteiger partial charge in [-0.3, -0.25) is 4.79 Å². The van der Waals surface area contributed by atoms with Gasteiger partial charge in [0.2, 0.25) is 15.9 Å². The van der Waals surface area contributed by atoms with Gasteiger partial charge >= 0.3 is 0 Å². The summed E-state index contributed by atoms with van der Waals surface area (Å²) in [5, 5.41) is 24.6. The van der Waals surface area contributed by atoms with Gasteiger partial charge in [-0.2, -0.15) is 14.8 Å². The van der Waals surface area contributed by atoms with Crippen LogP contribution in [-0.2, 0) is 21.2 Å². The molecule has 0 aromatic heterocycles. The number of carbonyl (C=O) groups excluding carboxylic acids is 1. The van der Waals surface area contributed by atoms with Gasteiger partial charge in [-0.05, 0) is 73.9 Å². The molecule has 8 nitrogen and oxygen atoms in total. The normalized spacial score (nSPS) is 19.9. The van der Waals surface area contributed by atoms with Crippen molar-refractivity contribution in [3.8, 4) is 23.3 Å². The molecule has 0 spiro atoms. The molecule has 2 N–H and O–H groups in total. The lowest BCUT2D eigenvalue weighted by Gasteiger charge is -2.28. The molecular formula is C28H33N5O3S. The average Bonchev–Trinajstić information content (AvgIpc) is 2.96. The molecule has 2 heterocycles. The summed E-state index contributed by atoms with van der Waals surface area (Å²) in [7, 11) is -3.57. The number of hydrogen-bond donors (Lipinski definition) is 2. The third-order valence-corrected chi connectivity index (χ3v) is 9.15. The summed E-state index contributed by atoms with van der Waals surface area (Å²) in [5.41, 5.74) is 2.95. The number of piperidine rings is 2. The van der Waals surface area contributed by atoms with E-state index in [1.807, 2.05) is 36.4 Å². The van der Waals surface area contributed by atoms with E-state index in [-0.39, 0.29) is 22.8 Å². The van der Waals surface area contributed by atoms with Crippen LogP contribution in [0.4, 0.5) is 0 Å². The van der Waals surface area contributed by atoms with Gasteiger partial charge in [0.05, 0.1) is 23.1 Å². The summed E-state index contributed by atoms with van der Waals surface area (Å²) < 4.78 is 27.4. The van der Waals surface area contributed by atoms with Gasteiger partial charge < -0.3 is 10.6 Å². The first-order valence-corrected chi connectivity index (χ1v) is 14.4. The highest BCUT2D eigenvalue weighted by Gasteiger charge is 2.29. The molecule has 1 amide bonds. The number of carbonyl (C=O) groups is 1. The molecule has 194 valence electrons. The molecule has 9 heteroatoms. The SMILES string of the molecule is N#CC1CCN(S(=O)(=O)c2ccc(-c3ccc(CC[C@@H](C#N)NC(=O)[C@@H]4CCCCN4)cc3)cc2)CC1. The van der Waals surface area contributed by atoms with Crippen LogP contribution in [0.1, 0.15) is 44.1 Å². The number of hydrogen-bond acceptors (Lipinski definition) is 6. The molecule has 2 aromatic rings. The Bertz CT molecular complexity index is 1250. The minimum Gasteiger partial charge on any atom is -0.339 e. The zero-order chi connectivity index (χ0) is 26.3. The maximum atomic E-state index is 13.0. The summed E-state index contributed by atoms with van der Waals surface area (Å²) in [4.78, 5) is 12.7. The number of benzene rings is 2. The topological polar surface area (TPSA) is 126 Å². The Morgan fingerprint density at radius 2 is 1.65 bits per heavy atom. The highest BCUT2D eigenvalue weighted by Crippen LogP contribution is 2.26. The van der Waals surface area contributed by atoms with Gasteiger partial charge in [0.1, 0.15) is 6.04 Å². The second kappa shape index (κ2) is 12.3. The molecular weight excluding hydrogens is 486 g/mol. The van der Waals surface area contributed by atoms with Crippen molar-refractivity contribution < 1.29 is 13.2 Å². The summed E-state index contributed by atoms with van der Waals surface area (Å²) in [6.07, 6.45) is 5.24. The highest BCUT2D eigenvalue weighted by atomic mass is 32.2. The number of sulfonamides is 1. The van der Waals surface area contributed by atoms with Crippen LogP contribution in [-0.4, -0.2) is 50.3 Å². The van der Waals surface area contributed by atoms with Crippen LogP contribution < -0.4 is 10.6 Å². The van der Waals surface area contributed by atoms with E-state index in [0.717, 1.165) is 42.5 Å². The summed E-state index contributed by atoms with van der Waals surface area (Å²) in [6, 6.07) is 18.5. The van der Waals surface area contributed by atoms with Crippen LogP contribution >= 0.6 is 0 Å². The fraction of sp³-hybridized carbons (Fsp3) is 0.464. The first kappa shape index (κ1) is 26.8. The lowest BCUT2D eigenvalue weighted by atomic mass is 10.00. The van der Waals surface area contributed by atoms with E-state index < -0.39 is 16.1 Å². The second-order valence-corrected chi connectivity index (χ2v) is 11.7. The van der Waals surface area contributed by atoms with Crippen LogP contribution in [0.15, 0.2) is 53.4 Å². The van der Waals surface area contributed by atoms with Crippen molar-refractivity contribution in [1.29, 1.82) is 10.5 Å². The van der Waals surface area contributed by atoms with E-state index in [0.29, 0.717) is 38.8 Å². The van der Waals surface area contributed by atoms with E-state index in [1.165, 1.54) is 4.31 Å². The standard InChI is InChI=1S/C28H33N5O3S/c29-19-22-14-17-33(18-15-22)37(35,36)26-12-9-24(10-13-26)23-7-4-21(5-8-23)6-11-25(20-30)32-28(34)27-3-1-2-16-31-27/h4-5,7-10,12-13,22,25,27,31H,1-3,6,11,14-18H2,(H,32,34)/t25-,27-/m0/s1. The Balaban J connectivity index is 1.32. The first-order chi connectivity index (χ1) is 17.9. The van der Waals surface area contributed by atoms with Crippen molar-refractivity contribution in [3.63, 3.8) is 0 Å². The lowest BCUT2D eigenvalue weighted by Crippen LogP contribution is -2.49. The van der Waals surface area contributed by atoms with Gasteiger partial charge in [-0.1, -0.05) is 42.8 Å². The van der Waals surface area contributed by atoms with E-state index >= 15 is 0 Å². The van der Waals surface area contributed by atoms with E-state index in [1.54, 1.807) is 12.1 Å². The van der Waals surface area contributed by atoms with Crippen LogP contribution in [0.3, 0.4) is 0 Å². The first-order valence-electron chi connectivity index (χ1n) is 12.9. The molecule has 37 heavy (non-hydrogen) atoms. The maximum absolute atomic E-state index is 13.0. The van der Waals surface area contributed by atoms with Crippen LogP contribution in [0.5, 0.6) is 0 Å². The van der Waals surface area contributed by atoms with Crippen molar-refractivity contribution in [3.05, 3.63) is 54.1 Å². The minimum atomic E-state index is -3.57. The maximum Gasteiger partial charge on any atom is 0.243 e. The Morgan fingerprint density at radius 3 is 2.22 bits per heavy atom. The monoisotopic (exact) mass is 519 g/mol. The third-order valence-electron chi connectivity index (χ3n) is 7.24. The Morgan fingerprint density at radius 1 is 1.00 bits per heavy atom. The zero-order valence-electron chi connectivity index (χ0n) is 20.9. The molecule has 2 aliphatic heterocycles. The Kier molecular flexibility index (Phi) is 8.94. The summed E-state index contributed by atoms with van der Waals surface area (Å²) in [5.74, 6) is -0.168. The van der Waals surface area contributed by atoms with Gasteiger partial charge in [0.15, 0.2) is 0 Å². The highest BCUT2D eigenvalue weighted by molar-refractivity contribution is 7.89. The minimum absolute atomic E-state index is 0.0693. The van der Waals surface area contributed by atoms with Gasteiger partial charge in [0, 0.05) is 19.0 Å². The zero-order valence-corrected chi connectivity index (χ0v) is 21.7. The number of nitrogens with one attached hydrogen (secondary N) is 2. The van der Waals surface area contributed by atoms with Gasteiger partial charge in [0.25, 0.3) is 0 Å². The summed E-state index contributed by atoms with van der Waals surface area (Å²) >= 11 is 0. The molecule has 2 fully saturated rings. The summed E-state index contributed by atoms with van der Waals surface area (Å²) in [6.45, 7) is 1.58. The smallest absolute Gasteiger partial charge is 0.243 e. The largest absolute Gasteiger partial charge is 0.339 e. The van der Waals surface area contributed by atoms with Crippen molar-refractivity contribution in [1.82, 2.24) is 14.9 Å². The van der Waals surface area contributed by atoms with Gasteiger partial charge in [-0.25, -0.2) is 8.42 Å². The molecule has 0 bridgehead atoms. The van der Waals surface area contributed by atoms with E-state index in [9.17, 15) is 18.5 Å². The number of nitrogens with zero attached hydrogens (tertiary/aromatic N) is 3. The van der Waals surface area contributed by atoms with Crippen molar-refractivity contribution in [2.24, 2.45) is 5.92 Å². The molecule has 2 atom stereocenters. The quantitative estimate of drug-likeness (QED) is 0.551. The molecule has 2 saturated heterocycles. The molecule has 4 rings (SSSR count). The molecule has 2 aromatic carbocycles. The van der Waals surface area contributed by atoms with Crippen molar-refractivity contribution in [2.45, 2.75) is 61.9 Å². The van der Waals surface area contributed by atoms with E-state index in [2.05, 4.69) is 22.8 Å². The predicted octanol–water partition coefficient (Wildman–Crippen LogP) is 3.36. The predicted molar refractivity (Wildman–Crippen MR) is 140 cm³/mol. The van der Waals surface area contributed by atoms with Crippen LogP contribution in [0, 0.1) is 28.6 Å². The number of amides is 1. The number of aryl methyl sites for hydroxylation is 1. The van der Waals surface area contributed by atoms with Crippen LogP contribution in [0.25, 0.3) is 11.1 Å². The van der Waals surface area contributed by atoms with Crippen LogP contribution in [0.2, 0.25) is 0 Å². The van der Waals surface area contributed by atoms with Crippen molar-refractivity contribution in [2.75, 3.05) is 19.6 Å². The molecule has 0 radical (unpaired) electrons. The molecule has 2 aliphatic rings. The lowest BCUT2D eigenvalue weighted by molar-refractivity contribution is -0.124. The molecule has 0 aliphatic carbocycles. The fourth-order valence-electron chi connectivity index (χ4n) is 4.89. The Hall–Kier alpha value is -3.24. The van der Waals surface area contributed by atoms with E-state index in [4.69, 9.17) is 5.26 Å². The number of nitriles is 2. The Labute approximate surface area is 219 Å².